The van der Waals surface area contributed by atoms with Gasteiger partial charge in [0, 0.05) is 50.4 Å². The van der Waals surface area contributed by atoms with Crippen LogP contribution in [0.3, 0.4) is 0 Å². The van der Waals surface area contributed by atoms with Gasteiger partial charge in [-0.05, 0) is 54.8 Å². The van der Waals surface area contributed by atoms with Crippen LogP contribution in [-0.4, -0.2) is 45.8 Å². The molecular weight excluding hydrogens is 410 g/mol. The molecule has 2 aromatic rings. The maximum Gasteiger partial charge on any atom is 0.243 e. The van der Waals surface area contributed by atoms with E-state index in [0.717, 1.165) is 11.3 Å². The lowest BCUT2D eigenvalue weighted by atomic mass is 9.97. The number of carbonyl (C=O) groups is 1. The molecule has 156 valence electrons. The van der Waals surface area contributed by atoms with Crippen LogP contribution >= 0.6 is 11.6 Å². The van der Waals surface area contributed by atoms with Crippen LogP contribution in [-0.2, 0) is 21.4 Å². The number of nitrogens with zero attached hydrogens (tertiary/aromatic N) is 2. The first-order valence-corrected chi connectivity index (χ1v) is 11.4. The van der Waals surface area contributed by atoms with E-state index in [4.69, 9.17) is 11.6 Å². The number of carbonyl (C=O) groups excluding carboxylic acids is 1. The predicted octanol–water partition coefficient (Wildman–Crippen LogP) is 3.12. The Labute approximate surface area is 177 Å². The molecule has 0 saturated carbocycles. The molecule has 29 heavy (non-hydrogen) atoms. The number of anilines is 1. The van der Waals surface area contributed by atoms with E-state index < -0.39 is 10.0 Å². The van der Waals surface area contributed by atoms with E-state index in [1.165, 1.54) is 16.4 Å². The number of benzene rings is 2. The summed E-state index contributed by atoms with van der Waals surface area (Å²) in [6, 6.07) is 14.2. The molecule has 6 nitrogen and oxygen atoms in total. The van der Waals surface area contributed by atoms with Crippen LogP contribution in [0.15, 0.2) is 53.4 Å². The summed E-state index contributed by atoms with van der Waals surface area (Å²) in [4.78, 5) is 14.8. The summed E-state index contributed by atoms with van der Waals surface area (Å²) in [7, 11) is 0.409. The van der Waals surface area contributed by atoms with Gasteiger partial charge in [-0.1, -0.05) is 23.7 Å². The average molecular weight is 436 g/mol. The number of rotatable bonds is 6. The molecule has 0 atom stereocenters. The molecule has 8 heteroatoms. The lowest BCUT2D eigenvalue weighted by Crippen LogP contribution is -2.42. The van der Waals surface area contributed by atoms with Gasteiger partial charge >= 0.3 is 0 Å². The maximum absolute atomic E-state index is 12.7. The molecule has 0 aromatic heterocycles. The Morgan fingerprint density at radius 2 is 1.66 bits per heavy atom. The Morgan fingerprint density at radius 3 is 2.21 bits per heavy atom. The predicted molar refractivity (Wildman–Crippen MR) is 116 cm³/mol. The molecule has 0 radical (unpaired) electrons. The van der Waals surface area contributed by atoms with E-state index in [1.54, 1.807) is 12.1 Å². The van der Waals surface area contributed by atoms with Gasteiger partial charge in [0.25, 0.3) is 0 Å². The van der Waals surface area contributed by atoms with Crippen LogP contribution < -0.4 is 10.2 Å². The van der Waals surface area contributed by atoms with Gasteiger partial charge in [-0.2, -0.15) is 4.31 Å². The Morgan fingerprint density at radius 1 is 1.07 bits per heavy atom. The summed E-state index contributed by atoms with van der Waals surface area (Å²) < 4.78 is 26.9. The standard InChI is InChI=1S/C21H26ClN3O3S/c1-24(2)19-7-3-16(4-8-19)15-23-21(26)17-11-13-25(14-12-17)29(27,28)20-9-5-18(22)6-10-20/h3-10,17H,11-15H2,1-2H3,(H,23,26). The molecule has 1 fully saturated rings. The molecule has 1 N–H and O–H groups in total. The summed E-state index contributed by atoms with van der Waals surface area (Å²) in [6.07, 6.45) is 1.02. The second kappa shape index (κ2) is 9.15. The fourth-order valence-electron chi connectivity index (χ4n) is 3.36. The third-order valence-electron chi connectivity index (χ3n) is 5.20. The van der Waals surface area contributed by atoms with Gasteiger partial charge in [-0.3, -0.25) is 4.79 Å². The normalized spacial score (nSPS) is 15.8. The summed E-state index contributed by atoms with van der Waals surface area (Å²) in [5, 5.41) is 3.47. The van der Waals surface area contributed by atoms with Crippen LogP contribution in [0, 0.1) is 5.92 Å². The number of sulfonamides is 1. The van der Waals surface area contributed by atoms with Gasteiger partial charge in [0.2, 0.25) is 15.9 Å². The van der Waals surface area contributed by atoms with Crippen molar-refractivity contribution >= 4 is 33.2 Å². The van der Waals surface area contributed by atoms with E-state index in [2.05, 4.69) is 5.32 Å². The highest BCUT2D eigenvalue weighted by molar-refractivity contribution is 7.89. The smallest absolute Gasteiger partial charge is 0.243 e. The lowest BCUT2D eigenvalue weighted by molar-refractivity contribution is -0.126. The highest BCUT2D eigenvalue weighted by Crippen LogP contribution is 2.25. The van der Waals surface area contributed by atoms with E-state index in [9.17, 15) is 13.2 Å². The second-order valence-electron chi connectivity index (χ2n) is 7.41. The highest BCUT2D eigenvalue weighted by atomic mass is 35.5. The zero-order valence-corrected chi connectivity index (χ0v) is 18.2. The van der Waals surface area contributed by atoms with Gasteiger partial charge in [-0.15, -0.1) is 0 Å². The molecule has 0 bridgehead atoms. The number of halogens is 1. The molecule has 1 saturated heterocycles. The van der Waals surface area contributed by atoms with Crippen molar-refractivity contribution in [1.29, 1.82) is 0 Å². The fourth-order valence-corrected chi connectivity index (χ4v) is 4.96. The number of hydrogen-bond acceptors (Lipinski definition) is 4. The maximum atomic E-state index is 12.7. The Hall–Kier alpha value is -2.09. The van der Waals surface area contributed by atoms with E-state index in [-0.39, 0.29) is 16.7 Å². The van der Waals surface area contributed by atoms with Gasteiger partial charge in [-0.25, -0.2) is 8.42 Å². The van der Waals surface area contributed by atoms with Crippen LogP contribution in [0.1, 0.15) is 18.4 Å². The minimum atomic E-state index is -3.56. The summed E-state index contributed by atoms with van der Waals surface area (Å²) >= 11 is 5.84. The molecule has 1 aliphatic heterocycles. The molecular formula is C21H26ClN3O3S. The van der Waals surface area contributed by atoms with Crippen LogP contribution in [0.2, 0.25) is 5.02 Å². The molecule has 1 heterocycles. The van der Waals surface area contributed by atoms with Crippen molar-refractivity contribution in [2.24, 2.45) is 5.92 Å². The zero-order chi connectivity index (χ0) is 21.0. The van der Waals surface area contributed by atoms with Gasteiger partial charge in [0.15, 0.2) is 0 Å². The number of hydrogen-bond donors (Lipinski definition) is 1. The van der Waals surface area contributed by atoms with Crippen LogP contribution in [0.4, 0.5) is 5.69 Å². The van der Waals surface area contributed by atoms with Crippen LogP contribution in [0.25, 0.3) is 0 Å². The zero-order valence-electron chi connectivity index (χ0n) is 16.6. The van der Waals surface area contributed by atoms with Gasteiger partial charge in [0.05, 0.1) is 4.90 Å². The Bertz CT molecular complexity index is 936. The van der Waals surface area contributed by atoms with E-state index in [1.807, 2.05) is 43.3 Å². The quantitative estimate of drug-likeness (QED) is 0.756. The topological polar surface area (TPSA) is 69.7 Å². The Kier molecular flexibility index (Phi) is 6.82. The van der Waals surface area contributed by atoms with Gasteiger partial charge in [0.1, 0.15) is 0 Å². The summed E-state index contributed by atoms with van der Waals surface area (Å²) in [6.45, 7) is 1.14. The van der Waals surface area contributed by atoms with Crippen molar-refractivity contribution in [3.63, 3.8) is 0 Å². The first-order chi connectivity index (χ1) is 13.8. The van der Waals surface area contributed by atoms with Crippen molar-refractivity contribution in [1.82, 2.24) is 9.62 Å². The molecule has 3 rings (SSSR count). The van der Waals surface area contributed by atoms with Crippen molar-refractivity contribution in [2.75, 3.05) is 32.1 Å². The van der Waals surface area contributed by atoms with E-state index >= 15 is 0 Å². The van der Waals surface area contributed by atoms with Crippen molar-refractivity contribution < 1.29 is 13.2 Å². The third kappa shape index (κ3) is 5.29. The number of amides is 1. The lowest BCUT2D eigenvalue weighted by Gasteiger charge is -2.30. The van der Waals surface area contributed by atoms with Crippen molar-refractivity contribution in [3.8, 4) is 0 Å². The van der Waals surface area contributed by atoms with E-state index in [0.29, 0.717) is 37.5 Å². The molecule has 2 aromatic carbocycles. The monoisotopic (exact) mass is 435 g/mol. The first kappa shape index (κ1) is 21.6. The van der Waals surface area contributed by atoms with Crippen LogP contribution in [0.5, 0.6) is 0 Å². The molecule has 1 amide bonds. The molecule has 0 unspecified atom stereocenters. The summed E-state index contributed by atoms with van der Waals surface area (Å²) in [5.74, 6) is -0.196. The minimum absolute atomic E-state index is 0.0229. The largest absolute Gasteiger partial charge is 0.378 e. The molecule has 1 aliphatic rings. The average Bonchev–Trinajstić information content (AvgIpc) is 2.72. The summed E-state index contributed by atoms with van der Waals surface area (Å²) in [5.41, 5.74) is 2.14. The molecule has 0 aliphatic carbocycles. The fraction of sp³-hybridized carbons (Fsp3) is 0.381. The van der Waals surface area contributed by atoms with Crippen molar-refractivity contribution in [2.45, 2.75) is 24.3 Å². The third-order valence-corrected chi connectivity index (χ3v) is 7.36. The van der Waals surface area contributed by atoms with Gasteiger partial charge < -0.3 is 10.2 Å². The first-order valence-electron chi connectivity index (χ1n) is 9.57. The van der Waals surface area contributed by atoms with Crippen molar-refractivity contribution in [3.05, 3.63) is 59.1 Å². The Balaban J connectivity index is 1.52. The minimum Gasteiger partial charge on any atom is -0.378 e. The number of nitrogens with one attached hydrogen (secondary N) is 1. The number of piperidine rings is 1. The highest BCUT2D eigenvalue weighted by Gasteiger charge is 2.31. The second-order valence-corrected chi connectivity index (χ2v) is 9.79. The molecule has 0 spiro atoms. The SMILES string of the molecule is CN(C)c1ccc(CNC(=O)C2CCN(S(=O)(=O)c3ccc(Cl)cc3)CC2)cc1.